The molecule has 2 fully saturated rings. The van der Waals surface area contributed by atoms with Crippen molar-refractivity contribution in [3.8, 4) is 0 Å². The smallest absolute Gasteiger partial charge is 0.0705 e. The monoisotopic (exact) mass is 514 g/mol. The molecule has 2 aliphatic carbocycles. The summed E-state index contributed by atoms with van der Waals surface area (Å²) in [6, 6.07) is 20.3. The van der Waals surface area contributed by atoms with Gasteiger partial charge in [-0.15, -0.1) is 0 Å². The Morgan fingerprint density at radius 2 is 1.08 bits per heavy atom. The van der Waals surface area contributed by atoms with Crippen molar-refractivity contribution in [1.82, 2.24) is 9.97 Å². The lowest BCUT2D eigenvalue weighted by Gasteiger charge is -2.11. The third kappa shape index (κ3) is 6.05. The Bertz CT molecular complexity index is 1270. The Labute approximate surface area is 224 Å². The molecule has 200 valence electrons. The summed E-state index contributed by atoms with van der Waals surface area (Å²) in [5.41, 5.74) is 6.23. The van der Waals surface area contributed by atoms with Crippen LogP contribution in [0.5, 0.6) is 0 Å². The van der Waals surface area contributed by atoms with Crippen molar-refractivity contribution in [3.05, 3.63) is 83.2 Å². The number of pyridine rings is 2. The highest BCUT2D eigenvalue weighted by Crippen LogP contribution is 2.36. The second-order valence-corrected chi connectivity index (χ2v) is 10.6. The number of hydrogen-bond donors (Lipinski definition) is 2. The first-order valence-electron chi connectivity index (χ1n) is 13.7. The minimum Gasteiger partial charge on any atom is -0.392 e. The van der Waals surface area contributed by atoms with Crippen LogP contribution in [0, 0.1) is 0 Å². The Morgan fingerprint density at radius 1 is 0.632 bits per heavy atom. The van der Waals surface area contributed by atoms with Gasteiger partial charge < -0.3 is 19.7 Å². The summed E-state index contributed by atoms with van der Waals surface area (Å²) in [5, 5.41) is 20.5. The molecule has 6 nitrogen and oxygen atoms in total. The van der Waals surface area contributed by atoms with Crippen LogP contribution in [0.4, 0.5) is 0 Å². The standard InChI is InChI=1S/2C16H19NO2/c2*1-19-14-5-3-13(9-14)16-7-4-12-8-11(10-18)2-6-15(12)17-16/h2*2,4,6-8,13-14,18H,3,5,9-10H2,1H3/t13-,14-;/m1./s1. The van der Waals surface area contributed by atoms with Crippen molar-refractivity contribution in [1.29, 1.82) is 0 Å². The highest BCUT2D eigenvalue weighted by atomic mass is 16.5. The molecule has 2 aromatic carbocycles. The third-order valence-electron chi connectivity index (χ3n) is 8.19. The normalized spacial score (nSPS) is 23.1. The van der Waals surface area contributed by atoms with Crippen LogP contribution in [-0.2, 0) is 22.7 Å². The van der Waals surface area contributed by atoms with E-state index in [-0.39, 0.29) is 13.2 Å². The summed E-state index contributed by atoms with van der Waals surface area (Å²) in [6.07, 6.45) is 7.50. The molecule has 6 rings (SSSR count). The van der Waals surface area contributed by atoms with Crippen LogP contribution < -0.4 is 0 Å². The van der Waals surface area contributed by atoms with Gasteiger partial charge in [-0.2, -0.15) is 0 Å². The van der Waals surface area contributed by atoms with E-state index in [4.69, 9.17) is 29.7 Å². The Morgan fingerprint density at radius 3 is 1.45 bits per heavy atom. The van der Waals surface area contributed by atoms with Gasteiger partial charge in [-0.05, 0) is 86.1 Å². The van der Waals surface area contributed by atoms with E-state index in [1.165, 1.54) is 11.4 Å². The molecule has 6 heteroatoms. The van der Waals surface area contributed by atoms with Crippen molar-refractivity contribution in [2.45, 2.75) is 75.8 Å². The van der Waals surface area contributed by atoms with Crippen molar-refractivity contribution < 1.29 is 19.7 Å². The van der Waals surface area contributed by atoms with Gasteiger partial charge in [0.2, 0.25) is 0 Å². The summed E-state index contributed by atoms with van der Waals surface area (Å²) in [4.78, 5) is 9.53. The molecule has 0 aliphatic heterocycles. The van der Waals surface area contributed by atoms with Crippen LogP contribution in [0.3, 0.4) is 0 Å². The van der Waals surface area contributed by atoms with Gasteiger partial charge in [-0.3, -0.25) is 9.97 Å². The lowest BCUT2D eigenvalue weighted by molar-refractivity contribution is 0.107. The number of aromatic nitrogens is 2. The lowest BCUT2D eigenvalue weighted by atomic mass is 10.0. The van der Waals surface area contributed by atoms with Crippen LogP contribution in [0.1, 0.15) is 72.9 Å². The van der Waals surface area contributed by atoms with E-state index < -0.39 is 0 Å². The number of rotatable bonds is 6. The molecule has 0 spiro atoms. The number of aliphatic hydroxyl groups excluding tert-OH is 2. The fourth-order valence-electron chi connectivity index (χ4n) is 5.88. The minimum atomic E-state index is 0.0792. The van der Waals surface area contributed by atoms with Gasteiger partial charge in [-0.1, -0.05) is 24.3 Å². The van der Waals surface area contributed by atoms with Gasteiger partial charge in [-0.25, -0.2) is 0 Å². The van der Waals surface area contributed by atoms with Gasteiger partial charge in [0.1, 0.15) is 0 Å². The molecule has 0 saturated heterocycles. The highest BCUT2D eigenvalue weighted by Gasteiger charge is 2.27. The van der Waals surface area contributed by atoms with Crippen molar-refractivity contribution in [2.24, 2.45) is 0 Å². The number of ether oxygens (including phenoxy) is 2. The molecule has 2 unspecified atom stereocenters. The van der Waals surface area contributed by atoms with E-state index in [0.29, 0.717) is 24.0 Å². The van der Waals surface area contributed by atoms with Gasteiger partial charge >= 0.3 is 0 Å². The predicted molar refractivity (Wildman–Crippen MR) is 150 cm³/mol. The summed E-state index contributed by atoms with van der Waals surface area (Å²) in [5.74, 6) is 1.04. The molecule has 38 heavy (non-hydrogen) atoms. The molecular formula is C32H38N2O4. The van der Waals surface area contributed by atoms with Gasteiger partial charge in [0.05, 0.1) is 36.5 Å². The van der Waals surface area contributed by atoms with E-state index in [2.05, 4.69) is 24.3 Å². The number of methoxy groups -OCH3 is 2. The minimum absolute atomic E-state index is 0.0792. The molecule has 4 atom stereocenters. The molecule has 0 bridgehead atoms. The van der Waals surface area contributed by atoms with Crippen molar-refractivity contribution >= 4 is 21.8 Å². The zero-order valence-electron chi connectivity index (χ0n) is 22.3. The number of fused-ring (bicyclic) bond motifs is 2. The quantitative estimate of drug-likeness (QED) is 0.327. The Hall–Kier alpha value is -2.90. The predicted octanol–water partition coefficient (Wildman–Crippen LogP) is 6.02. The molecule has 2 aromatic heterocycles. The van der Waals surface area contributed by atoms with Gasteiger partial charge in [0.15, 0.2) is 0 Å². The van der Waals surface area contributed by atoms with Gasteiger partial charge in [0.25, 0.3) is 0 Å². The van der Waals surface area contributed by atoms with Crippen LogP contribution in [-0.4, -0.2) is 46.6 Å². The average molecular weight is 515 g/mol. The fraction of sp³-hybridized carbons (Fsp3) is 0.438. The van der Waals surface area contributed by atoms with Crippen LogP contribution in [0.2, 0.25) is 0 Å². The molecule has 0 radical (unpaired) electrons. The first kappa shape index (κ1) is 26.7. The molecule has 2 N–H and O–H groups in total. The summed E-state index contributed by atoms with van der Waals surface area (Å²) in [6.45, 7) is 0.158. The maximum atomic E-state index is 9.15. The maximum Gasteiger partial charge on any atom is 0.0705 e. The fourth-order valence-corrected chi connectivity index (χ4v) is 5.88. The summed E-state index contributed by atoms with van der Waals surface area (Å²) < 4.78 is 10.9. The average Bonchev–Trinajstić information content (AvgIpc) is 3.66. The van der Waals surface area contributed by atoms with Crippen molar-refractivity contribution in [3.63, 3.8) is 0 Å². The third-order valence-corrected chi connectivity index (χ3v) is 8.19. The molecule has 0 amide bonds. The molecule has 2 saturated carbocycles. The first-order chi connectivity index (χ1) is 18.6. The number of nitrogens with zero attached hydrogens (tertiary/aromatic N) is 2. The first-order valence-corrected chi connectivity index (χ1v) is 13.7. The molecule has 2 heterocycles. The largest absolute Gasteiger partial charge is 0.392 e. The maximum absolute atomic E-state index is 9.15. The molecular weight excluding hydrogens is 476 g/mol. The van der Waals surface area contributed by atoms with E-state index in [9.17, 15) is 0 Å². The highest BCUT2D eigenvalue weighted by molar-refractivity contribution is 5.80. The molecule has 4 aromatic rings. The Balaban J connectivity index is 0.000000155. The van der Waals surface area contributed by atoms with Crippen LogP contribution in [0.15, 0.2) is 60.7 Å². The lowest BCUT2D eigenvalue weighted by Crippen LogP contribution is -2.05. The van der Waals surface area contributed by atoms with Crippen LogP contribution >= 0.6 is 0 Å². The number of hydrogen-bond acceptors (Lipinski definition) is 6. The van der Waals surface area contributed by atoms with E-state index in [1.807, 2.05) is 36.4 Å². The zero-order valence-corrected chi connectivity index (χ0v) is 22.3. The van der Waals surface area contributed by atoms with Gasteiger partial charge in [0, 0.05) is 48.2 Å². The summed E-state index contributed by atoms with van der Waals surface area (Å²) >= 11 is 0. The molecule has 2 aliphatic rings. The van der Waals surface area contributed by atoms with E-state index in [0.717, 1.165) is 71.5 Å². The Kier molecular flexibility index (Phi) is 8.65. The van der Waals surface area contributed by atoms with E-state index in [1.54, 1.807) is 14.2 Å². The SMILES string of the molecule is COC1CCC(c2ccc3cc(CO)ccc3n2)C1.CO[C@@H]1CC[C@@H](c2ccc3cc(CO)ccc3n2)C1. The number of benzene rings is 2. The van der Waals surface area contributed by atoms with E-state index >= 15 is 0 Å². The summed E-state index contributed by atoms with van der Waals surface area (Å²) in [7, 11) is 3.58. The second-order valence-electron chi connectivity index (χ2n) is 10.6. The number of aliphatic hydroxyl groups is 2. The zero-order chi connectivity index (χ0) is 26.5. The topological polar surface area (TPSA) is 84.7 Å². The van der Waals surface area contributed by atoms with Crippen molar-refractivity contribution in [2.75, 3.05) is 14.2 Å². The second kappa shape index (κ2) is 12.3. The van der Waals surface area contributed by atoms with Crippen LogP contribution in [0.25, 0.3) is 21.8 Å².